The van der Waals surface area contributed by atoms with Crippen LogP contribution < -0.4 is 4.74 Å². The summed E-state index contributed by atoms with van der Waals surface area (Å²) >= 11 is 0. The summed E-state index contributed by atoms with van der Waals surface area (Å²) in [6, 6.07) is 15.5. The predicted octanol–water partition coefficient (Wildman–Crippen LogP) is 3.57. The Bertz CT molecular complexity index is 913. The van der Waals surface area contributed by atoms with E-state index >= 15 is 0 Å². The van der Waals surface area contributed by atoms with Gasteiger partial charge < -0.3 is 9.64 Å². The minimum absolute atomic E-state index is 0.00731. The third-order valence-corrected chi connectivity index (χ3v) is 4.82. The van der Waals surface area contributed by atoms with Gasteiger partial charge in [-0.25, -0.2) is 9.67 Å². The zero-order valence-corrected chi connectivity index (χ0v) is 15.3. The smallest absolute Gasteiger partial charge is 0.274 e. The van der Waals surface area contributed by atoms with Crippen molar-refractivity contribution in [2.75, 3.05) is 20.2 Å². The number of pyridine rings is 1. The van der Waals surface area contributed by atoms with E-state index in [0.29, 0.717) is 11.6 Å². The van der Waals surface area contributed by atoms with Gasteiger partial charge in [0.1, 0.15) is 0 Å². The molecule has 138 valence electrons. The highest BCUT2D eigenvalue weighted by Gasteiger charge is 2.23. The third kappa shape index (κ3) is 3.56. The van der Waals surface area contributed by atoms with Gasteiger partial charge in [0.15, 0.2) is 5.69 Å². The molecular weight excluding hydrogens is 340 g/mol. The number of methoxy groups -OCH3 is 1. The number of piperidine rings is 1. The molecule has 0 N–H and O–H groups in total. The predicted molar refractivity (Wildman–Crippen MR) is 103 cm³/mol. The number of likely N-dealkylation sites (tertiary alicyclic amines) is 1. The van der Waals surface area contributed by atoms with E-state index in [9.17, 15) is 4.79 Å². The second-order valence-electron chi connectivity index (χ2n) is 6.60. The minimum Gasteiger partial charge on any atom is -0.481 e. The van der Waals surface area contributed by atoms with E-state index < -0.39 is 0 Å². The first-order chi connectivity index (χ1) is 13.3. The van der Waals surface area contributed by atoms with Crippen molar-refractivity contribution in [2.45, 2.75) is 19.3 Å². The average molecular weight is 362 g/mol. The second-order valence-corrected chi connectivity index (χ2v) is 6.60. The highest BCUT2D eigenvalue weighted by molar-refractivity contribution is 5.93. The van der Waals surface area contributed by atoms with Crippen LogP contribution in [0.25, 0.3) is 16.9 Å². The summed E-state index contributed by atoms with van der Waals surface area (Å²) in [5.74, 6) is 0.531. The first-order valence-electron chi connectivity index (χ1n) is 9.21. The fourth-order valence-corrected chi connectivity index (χ4v) is 3.37. The number of benzene rings is 1. The van der Waals surface area contributed by atoms with Gasteiger partial charge in [-0.05, 0) is 31.4 Å². The van der Waals surface area contributed by atoms with Gasteiger partial charge in [0.05, 0.1) is 24.7 Å². The van der Waals surface area contributed by atoms with Gasteiger partial charge in [-0.3, -0.25) is 4.79 Å². The quantitative estimate of drug-likeness (QED) is 0.712. The van der Waals surface area contributed by atoms with E-state index in [2.05, 4.69) is 10.1 Å². The molecule has 1 aliphatic rings. The number of carbonyl (C=O) groups is 1. The average Bonchev–Trinajstić information content (AvgIpc) is 3.20. The monoisotopic (exact) mass is 362 g/mol. The van der Waals surface area contributed by atoms with E-state index in [0.717, 1.165) is 42.9 Å². The van der Waals surface area contributed by atoms with Crippen LogP contribution in [0.15, 0.2) is 54.7 Å². The van der Waals surface area contributed by atoms with Crippen LogP contribution in [-0.2, 0) is 0 Å². The van der Waals surface area contributed by atoms with E-state index in [1.165, 1.54) is 6.42 Å². The van der Waals surface area contributed by atoms with E-state index in [1.54, 1.807) is 24.1 Å². The SMILES string of the molecule is COc1ccc(-n2nc(C(=O)N3CCCCC3)cc2-c2ccccc2)cn1. The van der Waals surface area contributed by atoms with Crippen molar-refractivity contribution in [3.05, 3.63) is 60.4 Å². The molecule has 0 atom stereocenters. The first kappa shape index (κ1) is 17.3. The third-order valence-electron chi connectivity index (χ3n) is 4.82. The number of hydrogen-bond acceptors (Lipinski definition) is 4. The molecule has 0 bridgehead atoms. The lowest BCUT2D eigenvalue weighted by Gasteiger charge is -2.25. The van der Waals surface area contributed by atoms with Crippen LogP contribution in [0.1, 0.15) is 29.8 Å². The fraction of sp³-hybridized carbons (Fsp3) is 0.286. The zero-order valence-electron chi connectivity index (χ0n) is 15.3. The standard InChI is InChI=1S/C21H22N4O2/c1-27-20-11-10-17(15-22-20)25-19(16-8-4-2-5-9-16)14-18(23-25)21(26)24-12-6-3-7-13-24/h2,4-5,8-11,14-15H,3,6-7,12-13H2,1H3. The number of amides is 1. The number of hydrogen-bond donors (Lipinski definition) is 0. The highest BCUT2D eigenvalue weighted by Crippen LogP contribution is 2.25. The molecule has 6 nitrogen and oxygen atoms in total. The molecule has 1 fully saturated rings. The number of ether oxygens (including phenoxy) is 1. The van der Waals surface area contributed by atoms with E-state index in [1.807, 2.05) is 47.4 Å². The van der Waals surface area contributed by atoms with Crippen molar-refractivity contribution in [3.8, 4) is 22.8 Å². The largest absolute Gasteiger partial charge is 0.481 e. The molecule has 0 unspecified atom stereocenters. The molecule has 1 aromatic carbocycles. The number of nitrogens with zero attached hydrogens (tertiary/aromatic N) is 4. The lowest BCUT2D eigenvalue weighted by atomic mass is 10.1. The normalized spacial score (nSPS) is 14.2. The molecular formula is C21H22N4O2. The molecule has 0 spiro atoms. The Morgan fingerprint density at radius 1 is 1.04 bits per heavy atom. The fourth-order valence-electron chi connectivity index (χ4n) is 3.37. The van der Waals surface area contributed by atoms with Crippen molar-refractivity contribution in [1.82, 2.24) is 19.7 Å². The van der Waals surface area contributed by atoms with Crippen LogP contribution in [0.5, 0.6) is 5.88 Å². The number of carbonyl (C=O) groups excluding carboxylic acids is 1. The summed E-state index contributed by atoms with van der Waals surface area (Å²) in [7, 11) is 1.58. The van der Waals surface area contributed by atoms with Crippen LogP contribution >= 0.6 is 0 Å². The topological polar surface area (TPSA) is 60.3 Å². The maximum atomic E-state index is 12.9. The Morgan fingerprint density at radius 2 is 1.81 bits per heavy atom. The molecule has 0 radical (unpaired) electrons. The van der Waals surface area contributed by atoms with Gasteiger partial charge in [0.2, 0.25) is 5.88 Å². The van der Waals surface area contributed by atoms with Crippen molar-refractivity contribution < 1.29 is 9.53 Å². The van der Waals surface area contributed by atoms with Gasteiger partial charge in [-0.15, -0.1) is 0 Å². The molecule has 6 heteroatoms. The molecule has 1 amide bonds. The minimum atomic E-state index is -0.00731. The first-order valence-corrected chi connectivity index (χ1v) is 9.21. The van der Waals surface area contributed by atoms with Crippen LogP contribution in [0.4, 0.5) is 0 Å². The van der Waals surface area contributed by atoms with E-state index in [4.69, 9.17) is 4.74 Å². The Labute approximate surface area is 158 Å². The maximum absolute atomic E-state index is 12.9. The Balaban J connectivity index is 1.75. The van der Waals surface area contributed by atoms with Crippen LogP contribution in [0, 0.1) is 0 Å². The zero-order chi connectivity index (χ0) is 18.6. The van der Waals surface area contributed by atoms with Crippen molar-refractivity contribution in [3.63, 3.8) is 0 Å². The summed E-state index contributed by atoms with van der Waals surface area (Å²) in [6.45, 7) is 1.60. The van der Waals surface area contributed by atoms with Crippen LogP contribution in [0.2, 0.25) is 0 Å². The van der Waals surface area contributed by atoms with E-state index in [-0.39, 0.29) is 5.91 Å². The molecule has 1 saturated heterocycles. The van der Waals surface area contributed by atoms with Crippen molar-refractivity contribution >= 4 is 5.91 Å². The van der Waals surface area contributed by atoms with Gasteiger partial charge in [-0.2, -0.15) is 5.10 Å². The van der Waals surface area contributed by atoms with Gasteiger partial charge >= 0.3 is 0 Å². The molecule has 3 heterocycles. The second kappa shape index (κ2) is 7.61. The van der Waals surface area contributed by atoms with Crippen molar-refractivity contribution in [1.29, 1.82) is 0 Å². The molecule has 0 saturated carbocycles. The van der Waals surface area contributed by atoms with Gasteiger partial charge in [-0.1, -0.05) is 30.3 Å². The van der Waals surface area contributed by atoms with Crippen LogP contribution in [0.3, 0.4) is 0 Å². The molecule has 3 aromatic rings. The summed E-state index contributed by atoms with van der Waals surface area (Å²) in [5.41, 5.74) is 3.11. The highest BCUT2D eigenvalue weighted by atomic mass is 16.5. The summed E-state index contributed by atoms with van der Waals surface area (Å²) < 4.78 is 6.92. The molecule has 4 rings (SSSR count). The lowest BCUT2D eigenvalue weighted by Crippen LogP contribution is -2.35. The number of rotatable bonds is 4. The van der Waals surface area contributed by atoms with Gasteiger partial charge in [0.25, 0.3) is 5.91 Å². The molecule has 1 aliphatic heterocycles. The lowest BCUT2D eigenvalue weighted by molar-refractivity contribution is 0.0718. The summed E-state index contributed by atoms with van der Waals surface area (Å²) in [5, 5.41) is 4.63. The molecule has 0 aliphatic carbocycles. The molecule has 27 heavy (non-hydrogen) atoms. The Kier molecular flexibility index (Phi) is 4.87. The Morgan fingerprint density at radius 3 is 2.48 bits per heavy atom. The summed E-state index contributed by atoms with van der Waals surface area (Å²) in [6.07, 6.45) is 5.00. The number of aromatic nitrogens is 3. The Hall–Kier alpha value is -3.15. The molecule has 2 aromatic heterocycles. The maximum Gasteiger partial charge on any atom is 0.274 e. The van der Waals surface area contributed by atoms with Gasteiger partial charge in [0, 0.05) is 24.7 Å². The summed E-state index contributed by atoms with van der Waals surface area (Å²) in [4.78, 5) is 19.1. The van der Waals surface area contributed by atoms with Crippen molar-refractivity contribution in [2.24, 2.45) is 0 Å². The van der Waals surface area contributed by atoms with Crippen LogP contribution in [-0.4, -0.2) is 45.8 Å².